The summed E-state index contributed by atoms with van der Waals surface area (Å²) in [5.74, 6) is 0. The van der Waals surface area contributed by atoms with Gasteiger partial charge in [0.2, 0.25) is 0 Å². The molecule has 1 aromatic carbocycles. The summed E-state index contributed by atoms with van der Waals surface area (Å²) in [6, 6.07) is 8.30. The van der Waals surface area contributed by atoms with Crippen molar-refractivity contribution in [1.82, 2.24) is 9.88 Å². The van der Waals surface area contributed by atoms with Crippen LogP contribution in [0, 0.1) is 0 Å². The third kappa shape index (κ3) is 2.64. The van der Waals surface area contributed by atoms with Gasteiger partial charge < -0.3 is 9.88 Å². The maximum atomic E-state index is 6.26. The quantitative estimate of drug-likeness (QED) is 0.857. The average molecular weight is 251 g/mol. The summed E-state index contributed by atoms with van der Waals surface area (Å²) in [6.07, 6.45) is 1.00. The van der Waals surface area contributed by atoms with E-state index in [-0.39, 0.29) is 0 Å². The fourth-order valence-corrected chi connectivity index (χ4v) is 2.52. The first-order valence-electron chi connectivity index (χ1n) is 6.23. The zero-order valence-electron chi connectivity index (χ0n) is 10.5. The summed E-state index contributed by atoms with van der Waals surface area (Å²) < 4.78 is 0. The third-order valence-electron chi connectivity index (χ3n) is 3.33. The molecule has 0 saturated carbocycles. The summed E-state index contributed by atoms with van der Waals surface area (Å²) in [5.41, 5.74) is 2.38. The lowest BCUT2D eigenvalue weighted by atomic mass is 10.1. The molecule has 0 radical (unpaired) electrons. The fourth-order valence-electron chi connectivity index (χ4n) is 2.22. The van der Waals surface area contributed by atoms with Gasteiger partial charge in [0.25, 0.3) is 0 Å². The van der Waals surface area contributed by atoms with Crippen molar-refractivity contribution in [3.8, 4) is 0 Å². The van der Waals surface area contributed by atoms with Crippen molar-refractivity contribution < 1.29 is 0 Å². The van der Waals surface area contributed by atoms with Crippen LogP contribution in [0.5, 0.6) is 0 Å². The van der Waals surface area contributed by atoms with Crippen molar-refractivity contribution in [2.75, 3.05) is 19.6 Å². The molecule has 0 bridgehead atoms. The Bertz CT molecular complexity index is 486. The number of aromatic nitrogens is 1. The molecule has 0 aliphatic carbocycles. The Labute approximate surface area is 108 Å². The lowest BCUT2D eigenvalue weighted by molar-refractivity contribution is 0.308. The Morgan fingerprint density at radius 1 is 1.18 bits per heavy atom. The highest BCUT2D eigenvalue weighted by Crippen LogP contribution is 2.26. The van der Waals surface area contributed by atoms with Crippen molar-refractivity contribution >= 4 is 22.5 Å². The van der Waals surface area contributed by atoms with Gasteiger partial charge >= 0.3 is 0 Å². The minimum Gasteiger partial charge on any atom is -0.345 e. The minimum absolute atomic E-state index is 0.790. The molecule has 17 heavy (non-hydrogen) atoms. The summed E-state index contributed by atoms with van der Waals surface area (Å²) in [6.45, 7) is 7.64. The number of hydrogen-bond acceptors (Lipinski definition) is 1. The zero-order chi connectivity index (χ0) is 12.3. The number of aromatic amines is 1. The second kappa shape index (κ2) is 5.56. The molecule has 1 aromatic heterocycles. The van der Waals surface area contributed by atoms with Crippen LogP contribution >= 0.6 is 11.6 Å². The van der Waals surface area contributed by atoms with Crippen LogP contribution in [0.15, 0.2) is 24.3 Å². The maximum Gasteiger partial charge on any atom is 0.110 e. The molecule has 1 N–H and O–H groups in total. The minimum atomic E-state index is 0.790. The summed E-state index contributed by atoms with van der Waals surface area (Å²) >= 11 is 6.26. The topological polar surface area (TPSA) is 19.0 Å². The molecule has 0 amide bonds. The molecule has 0 fully saturated rings. The number of H-pyrrole nitrogens is 1. The standard InChI is InChI=1S/C14H19ClN2/c1-3-17(4-2)10-9-12-11-7-5-6-8-13(11)16-14(12)15/h5-8,16H,3-4,9-10H2,1-2H3. The van der Waals surface area contributed by atoms with Gasteiger partial charge in [-0.15, -0.1) is 0 Å². The van der Waals surface area contributed by atoms with Gasteiger partial charge in [0.1, 0.15) is 5.15 Å². The molecule has 2 rings (SSSR count). The van der Waals surface area contributed by atoms with Crippen LogP contribution in [0.4, 0.5) is 0 Å². The number of rotatable bonds is 5. The Morgan fingerprint density at radius 3 is 2.59 bits per heavy atom. The smallest absolute Gasteiger partial charge is 0.110 e. The predicted molar refractivity (Wildman–Crippen MR) is 74.8 cm³/mol. The monoisotopic (exact) mass is 250 g/mol. The van der Waals surface area contributed by atoms with E-state index in [0.29, 0.717) is 0 Å². The highest BCUT2D eigenvalue weighted by molar-refractivity contribution is 6.31. The number of hydrogen-bond donors (Lipinski definition) is 1. The van der Waals surface area contributed by atoms with Crippen LogP contribution in [0.2, 0.25) is 5.15 Å². The molecule has 3 heteroatoms. The molecule has 2 nitrogen and oxygen atoms in total. The second-order valence-corrected chi connectivity index (χ2v) is 4.62. The third-order valence-corrected chi connectivity index (χ3v) is 3.66. The molecule has 0 aliphatic rings. The number of halogens is 1. The second-order valence-electron chi connectivity index (χ2n) is 4.24. The Kier molecular flexibility index (Phi) is 4.08. The highest BCUT2D eigenvalue weighted by Gasteiger charge is 2.10. The van der Waals surface area contributed by atoms with E-state index in [1.54, 1.807) is 0 Å². The molecule has 92 valence electrons. The fraction of sp³-hybridized carbons (Fsp3) is 0.429. The van der Waals surface area contributed by atoms with E-state index < -0.39 is 0 Å². The van der Waals surface area contributed by atoms with Crippen LogP contribution in [-0.2, 0) is 6.42 Å². The van der Waals surface area contributed by atoms with Crippen LogP contribution < -0.4 is 0 Å². The number of para-hydroxylation sites is 1. The van der Waals surface area contributed by atoms with Crippen molar-refractivity contribution in [3.05, 3.63) is 35.0 Å². The van der Waals surface area contributed by atoms with E-state index in [4.69, 9.17) is 11.6 Å². The van der Waals surface area contributed by atoms with E-state index in [0.717, 1.165) is 36.7 Å². The van der Waals surface area contributed by atoms with Crippen LogP contribution in [-0.4, -0.2) is 29.5 Å². The number of fused-ring (bicyclic) bond motifs is 1. The van der Waals surface area contributed by atoms with Crippen LogP contribution in [0.1, 0.15) is 19.4 Å². The molecule has 1 heterocycles. The number of benzene rings is 1. The van der Waals surface area contributed by atoms with Gasteiger partial charge in [-0.2, -0.15) is 0 Å². The molecule has 0 spiro atoms. The van der Waals surface area contributed by atoms with Gasteiger partial charge in [0.15, 0.2) is 0 Å². The summed E-state index contributed by atoms with van der Waals surface area (Å²) in [5, 5.41) is 2.04. The molecule has 0 unspecified atom stereocenters. The molecular weight excluding hydrogens is 232 g/mol. The number of nitrogens with zero attached hydrogens (tertiary/aromatic N) is 1. The molecule has 2 aromatic rings. The van der Waals surface area contributed by atoms with Gasteiger partial charge in [0, 0.05) is 17.4 Å². The van der Waals surface area contributed by atoms with Crippen molar-refractivity contribution in [2.24, 2.45) is 0 Å². The van der Waals surface area contributed by atoms with E-state index in [9.17, 15) is 0 Å². The zero-order valence-corrected chi connectivity index (χ0v) is 11.2. The molecular formula is C14H19ClN2. The van der Waals surface area contributed by atoms with Crippen molar-refractivity contribution in [2.45, 2.75) is 20.3 Å². The van der Waals surface area contributed by atoms with Crippen LogP contribution in [0.25, 0.3) is 10.9 Å². The van der Waals surface area contributed by atoms with Crippen molar-refractivity contribution in [3.63, 3.8) is 0 Å². The Balaban J connectivity index is 2.20. The number of likely N-dealkylation sites (N-methyl/N-ethyl adjacent to an activating group) is 1. The molecule has 0 atom stereocenters. The summed E-state index contributed by atoms with van der Waals surface area (Å²) in [7, 11) is 0. The van der Waals surface area contributed by atoms with Gasteiger partial charge in [-0.1, -0.05) is 43.6 Å². The van der Waals surface area contributed by atoms with Crippen LogP contribution in [0.3, 0.4) is 0 Å². The Hall–Kier alpha value is -0.990. The summed E-state index contributed by atoms with van der Waals surface area (Å²) in [4.78, 5) is 5.65. The van der Waals surface area contributed by atoms with E-state index >= 15 is 0 Å². The first-order chi connectivity index (χ1) is 8.26. The average Bonchev–Trinajstić information content (AvgIpc) is 2.67. The van der Waals surface area contributed by atoms with Gasteiger partial charge in [0.05, 0.1) is 0 Å². The SMILES string of the molecule is CCN(CC)CCc1c(Cl)[nH]c2ccccc12. The largest absolute Gasteiger partial charge is 0.345 e. The van der Waals surface area contributed by atoms with Gasteiger partial charge in [-0.3, -0.25) is 0 Å². The lowest BCUT2D eigenvalue weighted by Crippen LogP contribution is -2.25. The van der Waals surface area contributed by atoms with Gasteiger partial charge in [-0.05, 0) is 31.1 Å². The molecule has 0 saturated heterocycles. The maximum absolute atomic E-state index is 6.26. The van der Waals surface area contributed by atoms with E-state index in [1.165, 1.54) is 10.9 Å². The Morgan fingerprint density at radius 2 is 1.88 bits per heavy atom. The van der Waals surface area contributed by atoms with E-state index in [2.05, 4.69) is 41.9 Å². The lowest BCUT2D eigenvalue weighted by Gasteiger charge is -2.17. The normalized spacial score (nSPS) is 11.5. The van der Waals surface area contributed by atoms with Gasteiger partial charge in [-0.25, -0.2) is 0 Å². The van der Waals surface area contributed by atoms with E-state index in [1.807, 2.05) is 6.07 Å². The first kappa shape index (κ1) is 12.5. The molecule has 0 aliphatic heterocycles. The van der Waals surface area contributed by atoms with Crippen molar-refractivity contribution in [1.29, 1.82) is 0 Å². The number of nitrogens with one attached hydrogen (secondary N) is 1. The highest BCUT2D eigenvalue weighted by atomic mass is 35.5. The predicted octanol–water partition coefficient (Wildman–Crippen LogP) is 3.71. The first-order valence-corrected chi connectivity index (χ1v) is 6.61.